The molecule has 0 aromatic carbocycles. The number of hydrogen-bond acceptors (Lipinski definition) is 2. The molecule has 0 amide bonds. The first-order valence-corrected chi connectivity index (χ1v) is 5.58. The van der Waals surface area contributed by atoms with Crippen LogP contribution < -0.4 is 0 Å². The molecular formula is C11H21NO2. The minimum absolute atomic E-state index is 0.578. The van der Waals surface area contributed by atoms with Crippen LogP contribution in [0, 0.1) is 0 Å². The predicted molar refractivity (Wildman–Crippen MR) is 56.4 cm³/mol. The van der Waals surface area contributed by atoms with Crippen molar-refractivity contribution in [2.75, 3.05) is 13.6 Å². The van der Waals surface area contributed by atoms with E-state index >= 15 is 0 Å². The fourth-order valence-corrected chi connectivity index (χ4v) is 2.37. The summed E-state index contributed by atoms with van der Waals surface area (Å²) in [6, 6.07) is 0. The van der Waals surface area contributed by atoms with Gasteiger partial charge in [-0.1, -0.05) is 32.6 Å². The number of aliphatic carboxylic acids is 1. The first kappa shape index (κ1) is 11.5. The number of carboxylic acids is 1. The van der Waals surface area contributed by atoms with Crippen molar-refractivity contribution in [3.63, 3.8) is 0 Å². The van der Waals surface area contributed by atoms with E-state index in [9.17, 15) is 9.90 Å². The average molecular weight is 199 g/mol. The highest BCUT2D eigenvalue weighted by Gasteiger charge is 2.41. The number of hydrogen-bond donors (Lipinski definition) is 1. The zero-order chi connectivity index (χ0) is 10.6. The molecule has 1 aliphatic carbocycles. The molecule has 0 unspecified atom stereocenters. The Morgan fingerprint density at radius 2 is 1.79 bits per heavy atom. The second kappa shape index (κ2) is 4.78. The van der Waals surface area contributed by atoms with Gasteiger partial charge >= 0.3 is 5.97 Å². The molecule has 82 valence electrons. The SMILES string of the molecule is CCN(C)C1(C(=O)O)CCCCCC1. The van der Waals surface area contributed by atoms with Gasteiger partial charge in [-0.05, 0) is 26.4 Å². The molecular weight excluding hydrogens is 178 g/mol. The van der Waals surface area contributed by atoms with Gasteiger partial charge in [-0.25, -0.2) is 0 Å². The van der Waals surface area contributed by atoms with Crippen molar-refractivity contribution in [2.45, 2.75) is 51.0 Å². The first-order valence-electron chi connectivity index (χ1n) is 5.58. The maximum Gasteiger partial charge on any atom is 0.324 e. The normalized spacial score (nSPS) is 21.9. The van der Waals surface area contributed by atoms with Crippen LogP contribution in [0.25, 0.3) is 0 Å². The standard InChI is InChI=1S/C11H21NO2/c1-3-12(2)11(10(13)14)8-6-4-5-7-9-11/h3-9H2,1-2H3,(H,13,14). The summed E-state index contributed by atoms with van der Waals surface area (Å²) in [7, 11) is 1.93. The van der Waals surface area contributed by atoms with E-state index < -0.39 is 11.5 Å². The van der Waals surface area contributed by atoms with Crippen LogP contribution >= 0.6 is 0 Å². The largest absolute Gasteiger partial charge is 0.480 e. The Hall–Kier alpha value is -0.570. The third kappa shape index (κ3) is 2.08. The number of carboxylic acid groups (broad SMARTS) is 1. The number of likely N-dealkylation sites (N-methyl/N-ethyl adjacent to an activating group) is 1. The van der Waals surface area contributed by atoms with E-state index in [1.165, 1.54) is 12.8 Å². The lowest BCUT2D eigenvalue weighted by molar-refractivity contribution is -0.151. The van der Waals surface area contributed by atoms with Gasteiger partial charge in [0.25, 0.3) is 0 Å². The molecule has 1 fully saturated rings. The minimum atomic E-state index is -0.635. The van der Waals surface area contributed by atoms with E-state index in [0.29, 0.717) is 0 Å². The quantitative estimate of drug-likeness (QED) is 0.708. The highest BCUT2D eigenvalue weighted by Crippen LogP contribution is 2.31. The third-order valence-corrected chi connectivity index (χ3v) is 3.53. The number of carbonyl (C=O) groups is 1. The van der Waals surface area contributed by atoms with E-state index in [1.54, 1.807) is 0 Å². The fourth-order valence-electron chi connectivity index (χ4n) is 2.37. The second-order valence-electron chi connectivity index (χ2n) is 4.27. The van der Waals surface area contributed by atoms with Crippen LogP contribution in [0.1, 0.15) is 45.4 Å². The number of rotatable bonds is 3. The molecule has 0 aromatic heterocycles. The van der Waals surface area contributed by atoms with Crippen molar-refractivity contribution < 1.29 is 9.90 Å². The predicted octanol–water partition coefficient (Wildman–Crippen LogP) is 2.12. The molecule has 0 spiro atoms. The Labute approximate surface area is 86.1 Å². The molecule has 1 N–H and O–H groups in total. The smallest absolute Gasteiger partial charge is 0.324 e. The van der Waals surface area contributed by atoms with E-state index in [0.717, 1.165) is 32.2 Å². The Morgan fingerprint density at radius 1 is 1.29 bits per heavy atom. The van der Waals surface area contributed by atoms with Gasteiger partial charge in [0.15, 0.2) is 0 Å². The van der Waals surface area contributed by atoms with Gasteiger partial charge in [-0.2, -0.15) is 0 Å². The van der Waals surface area contributed by atoms with Gasteiger partial charge in [0, 0.05) is 0 Å². The fraction of sp³-hybridized carbons (Fsp3) is 0.909. The highest BCUT2D eigenvalue weighted by molar-refractivity contribution is 5.78. The molecule has 0 aromatic rings. The summed E-state index contributed by atoms with van der Waals surface area (Å²) < 4.78 is 0. The Balaban J connectivity index is 2.83. The summed E-state index contributed by atoms with van der Waals surface area (Å²) in [6.07, 6.45) is 6.10. The van der Waals surface area contributed by atoms with Crippen LogP contribution in [0.5, 0.6) is 0 Å². The molecule has 1 saturated carbocycles. The van der Waals surface area contributed by atoms with Crippen LogP contribution in [0.3, 0.4) is 0 Å². The maximum absolute atomic E-state index is 11.4. The van der Waals surface area contributed by atoms with Gasteiger partial charge < -0.3 is 5.11 Å². The summed E-state index contributed by atoms with van der Waals surface area (Å²) in [6.45, 7) is 2.84. The molecule has 3 heteroatoms. The van der Waals surface area contributed by atoms with E-state index in [1.807, 2.05) is 18.9 Å². The summed E-state index contributed by atoms with van der Waals surface area (Å²) in [5, 5.41) is 9.37. The molecule has 0 bridgehead atoms. The van der Waals surface area contributed by atoms with Gasteiger partial charge in [0.1, 0.15) is 5.54 Å². The highest BCUT2D eigenvalue weighted by atomic mass is 16.4. The molecule has 0 aliphatic heterocycles. The summed E-state index contributed by atoms with van der Waals surface area (Å²) >= 11 is 0. The molecule has 0 radical (unpaired) electrons. The second-order valence-corrected chi connectivity index (χ2v) is 4.27. The van der Waals surface area contributed by atoms with Crippen LogP contribution in [0.4, 0.5) is 0 Å². The monoisotopic (exact) mass is 199 g/mol. The van der Waals surface area contributed by atoms with E-state index in [4.69, 9.17) is 0 Å². The van der Waals surface area contributed by atoms with Crippen molar-refractivity contribution in [1.82, 2.24) is 4.90 Å². The lowest BCUT2D eigenvalue weighted by Crippen LogP contribution is -2.52. The number of nitrogens with zero attached hydrogens (tertiary/aromatic N) is 1. The van der Waals surface area contributed by atoms with Gasteiger partial charge in [-0.15, -0.1) is 0 Å². The Bertz CT molecular complexity index is 195. The van der Waals surface area contributed by atoms with E-state index in [-0.39, 0.29) is 0 Å². The topological polar surface area (TPSA) is 40.5 Å². The van der Waals surface area contributed by atoms with Crippen molar-refractivity contribution in [2.24, 2.45) is 0 Å². The van der Waals surface area contributed by atoms with Crippen molar-refractivity contribution >= 4 is 5.97 Å². The van der Waals surface area contributed by atoms with E-state index in [2.05, 4.69) is 0 Å². The molecule has 3 nitrogen and oxygen atoms in total. The zero-order valence-electron chi connectivity index (χ0n) is 9.25. The van der Waals surface area contributed by atoms with Crippen LogP contribution in [0.2, 0.25) is 0 Å². The molecule has 0 atom stereocenters. The lowest BCUT2D eigenvalue weighted by Gasteiger charge is -2.37. The molecule has 1 aliphatic rings. The van der Waals surface area contributed by atoms with Crippen molar-refractivity contribution in [3.05, 3.63) is 0 Å². The van der Waals surface area contributed by atoms with Gasteiger partial charge in [0.05, 0.1) is 0 Å². The van der Waals surface area contributed by atoms with Crippen LogP contribution in [-0.2, 0) is 4.79 Å². The summed E-state index contributed by atoms with van der Waals surface area (Å²) in [5.74, 6) is -0.635. The molecule has 0 heterocycles. The first-order chi connectivity index (χ1) is 6.63. The van der Waals surface area contributed by atoms with Crippen LogP contribution in [-0.4, -0.2) is 35.1 Å². The average Bonchev–Trinajstić information content (AvgIpc) is 2.42. The zero-order valence-corrected chi connectivity index (χ0v) is 9.25. The Morgan fingerprint density at radius 3 is 2.14 bits per heavy atom. The summed E-state index contributed by atoms with van der Waals surface area (Å²) in [4.78, 5) is 13.4. The maximum atomic E-state index is 11.4. The molecule has 14 heavy (non-hydrogen) atoms. The lowest BCUT2D eigenvalue weighted by atomic mass is 9.88. The van der Waals surface area contributed by atoms with Crippen molar-refractivity contribution in [3.8, 4) is 0 Å². The summed E-state index contributed by atoms with van der Waals surface area (Å²) in [5.41, 5.74) is -0.578. The minimum Gasteiger partial charge on any atom is -0.480 e. The van der Waals surface area contributed by atoms with Gasteiger partial charge in [-0.3, -0.25) is 9.69 Å². The third-order valence-electron chi connectivity index (χ3n) is 3.53. The molecule has 0 saturated heterocycles. The van der Waals surface area contributed by atoms with Crippen LogP contribution in [0.15, 0.2) is 0 Å². The van der Waals surface area contributed by atoms with Crippen molar-refractivity contribution in [1.29, 1.82) is 0 Å². The Kier molecular flexibility index (Phi) is 3.93. The molecule has 1 rings (SSSR count). The van der Waals surface area contributed by atoms with Gasteiger partial charge in [0.2, 0.25) is 0 Å².